The summed E-state index contributed by atoms with van der Waals surface area (Å²) in [5.74, 6) is -0.661. The fourth-order valence-electron chi connectivity index (χ4n) is 4.27. The van der Waals surface area contributed by atoms with Gasteiger partial charge in [-0.05, 0) is 61.7 Å². The first-order chi connectivity index (χ1) is 18.5. The molecule has 1 atom stereocenters. The summed E-state index contributed by atoms with van der Waals surface area (Å²) in [7, 11) is -1.32. The largest absolute Gasteiger partial charge is 0.495 e. The van der Waals surface area contributed by atoms with Crippen molar-refractivity contribution in [2.24, 2.45) is 0 Å². The highest BCUT2D eigenvalue weighted by Gasteiger charge is 2.34. The lowest BCUT2D eigenvalue weighted by atomic mass is 10.1. The third-order valence-corrected chi connectivity index (χ3v) is 8.54. The summed E-state index contributed by atoms with van der Waals surface area (Å²) in [4.78, 5) is 28.3. The van der Waals surface area contributed by atoms with E-state index in [1.165, 1.54) is 37.3 Å². The molecule has 39 heavy (non-hydrogen) atoms. The van der Waals surface area contributed by atoms with Gasteiger partial charge in [0.1, 0.15) is 18.3 Å². The summed E-state index contributed by atoms with van der Waals surface area (Å²) in [5, 5.41) is 2.90. The maximum absolute atomic E-state index is 14.0. The lowest BCUT2D eigenvalue weighted by Gasteiger charge is -2.33. The van der Waals surface area contributed by atoms with E-state index in [-0.39, 0.29) is 33.8 Å². The van der Waals surface area contributed by atoms with E-state index in [1.54, 1.807) is 31.2 Å². The van der Waals surface area contributed by atoms with Crippen LogP contribution >= 0.6 is 11.6 Å². The lowest BCUT2D eigenvalue weighted by molar-refractivity contribution is -0.140. The molecule has 1 N–H and O–H groups in total. The molecule has 0 unspecified atom stereocenters. The molecule has 0 fully saturated rings. The predicted octanol–water partition coefficient (Wildman–Crippen LogP) is 4.71. The van der Waals surface area contributed by atoms with E-state index < -0.39 is 28.5 Å². The van der Waals surface area contributed by atoms with Gasteiger partial charge in [-0.2, -0.15) is 0 Å². The Bertz CT molecular complexity index is 1430. The Balaban J connectivity index is 2.14. The minimum Gasteiger partial charge on any atom is -0.495 e. The molecule has 0 aliphatic heterocycles. The van der Waals surface area contributed by atoms with Crippen LogP contribution < -0.4 is 14.4 Å². The SMILES string of the molecule is CC[C@@H](C(=O)NC)N(Cc1ccccc1C)C(=O)CN(c1cc(Cl)ccc1OC)S(=O)(=O)c1ccc(C)cc1. The number of hydrogen-bond donors (Lipinski definition) is 1. The number of likely N-dealkylation sites (N-methyl/N-ethyl adjacent to an activating group) is 1. The van der Waals surface area contributed by atoms with Crippen LogP contribution in [0, 0.1) is 13.8 Å². The highest BCUT2D eigenvalue weighted by Crippen LogP contribution is 2.35. The third kappa shape index (κ3) is 6.91. The number of nitrogens with one attached hydrogen (secondary N) is 1. The zero-order chi connectivity index (χ0) is 28.7. The second kappa shape index (κ2) is 13.0. The molecule has 0 radical (unpaired) electrons. The molecular formula is C29H34ClN3O5S. The molecule has 0 bridgehead atoms. The minimum absolute atomic E-state index is 0.00623. The zero-order valence-corrected chi connectivity index (χ0v) is 24.3. The highest BCUT2D eigenvalue weighted by molar-refractivity contribution is 7.92. The second-order valence-electron chi connectivity index (χ2n) is 9.13. The van der Waals surface area contributed by atoms with Gasteiger partial charge in [-0.3, -0.25) is 13.9 Å². The van der Waals surface area contributed by atoms with Gasteiger partial charge in [-0.15, -0.1) is 0 Å². The Kier molecular flexibility index (Phi) is 9.99. The number of sulfonamides is 1. The number of anilines is 1. The first-order valence-corrected chi connectivity index (χ1v) is 14.3. The Labute approximate surface area is 235 Å². The molecule has 0 saturated heterocycles. The third-order valence-electron chi connectivity index (χ3n) is 6.53. The van der Waals surface area contributed by atoms with Crippen LogP contribution in [0.2, 0.25) is 5.02 Å². The van der Waals surface area contributed by atoms with Gasteiger partial charge in [0.2, 0.25) is 11.8 Å². The van der Waals surface area contributed by atoms with Crippen molar-refractivity contribution >= 4 is 39.1 Å². The first-order valence-electron chi connectivity index (χ1n) is 12.5. The number of hydrogen-bond acceptors (Lipinski definition) is 5. The topological polar surface area (TPSA) is 96.0 Å². The van der Waals surface area contributed by atoms with Crippen LogP contribution in [-0.4, -0.2) is 51.9 Å². The molecule has 8 nitrogen and oxygen atoms in total. The van der Waals surface area contributed by atoms with E-state index in [1.807, 2.05) is 38.1 Å². The number of carbonyl (C=O) groups is 2. The van der Waals surface area contributed by atoms with E-state index in [2.05, 4.69) is 5.32 Å². The Morgan fingerprint density at radius 2 is 1.69 bits per heavy atom. The summed E-state index contributed by atoms with van der Waals surface area (Å²) < 4.78 is 34.4. The molecule has 0 aromatic heterocycles. The molecule has 0 heterocycles. The average Bonchev–Trinajstić information content (AvgIpc) is 2.92. The molecule has 0 spiro atoms. The van der Waals surface area contributed by atoms with Crippen molar-refractivity contribution in [3.05, 3.63) is 88.4 Å². The van der Waals surface area contributed by atoms with Crippen LogP contribution in [0.25, 0.3) is 0 Å². The monoisotopic (exact) mass is 571 g/mol. The van der Waals surface area contributed by atoms with Gasteiger partial charge >= 0.3 is 0 Å². The number of rotatable bonds is 11. The fourth-order valence-corrected chi connectivity index (χ4v) is 5.85. The van der Waals surface area contributed by atoms with Crippen LogP contribution in [0.3, 0.4) is 0 Å². The van der Waals surface area contributed by atoms with Gasteiger partial charge in [0.25, 0.3) is 10.0 Å². The van der Waals surface area contributed by atoms with Crippen molar-refractivity contribution in [3.63, 3.8) is 0 Å². The van der Waals surface area contributed by atoms with E-state index in [0.717, 1.165) is 21.0 Å². The standard InChI is InChI=1S/C29H34ClN3O5S/c1-6-25(29(35)31-4)32(18-22-10-8-7-9-21(22)3)28(34)19-33(26-17-23(30)13-16-27(26)38-5)39(36,37)24-14-11-20(2)12-15-24/h7-17,25H,6,18-19H2,1-5H3,(H,31,35)/t25-/m0/s1. The number of nitrogens with zero attached hydrogens (tertiary/aromatic N) is 2. The van der Waals surface area contributed by atoms with Gasteiger partial charge in [0.15, 0.2) is 0 Å². The van der Waals surface area contributed by atoms with Gasteiger partial charge in [-0.25, -0.2) is 8.42 Å². The van der Waals surface area contributed by atoms with E-state index >= 15 is 0 Å². The van der Waals surface area contributed by atoms with Crippen molar-refractivity contribution in [2.75, 3.05) is 25.0 Å². The molecular weight excluding hydrogens is 538 g/mol. The Hall–Kier alpha value is -3.56. The van der Waals surface area contributed by atoms with Crippen molar-refractivity contribution in [1.82, 2.24) is 10.2 Å². The van der Waals surface area contributed by atoms with E-state index in [9.17, 15) is 18.0 Å². The molecule has 10 heteroatoms. The van der Waals surface area contributed by atoms with Gasteiger partial charge in [-0.1, -0.05) is 60.5 Å². The van der Waals surface area contributed by atoms with E-state index in [0.29, 0.717) is 6.42 Å². The smallest absolute Gasteiger partial charge is 0.264 e. The first kappa shape index (κ1) is 30.0. The van der Waals surface area contributed by atoms with Crippen LogP contribution in [0.1, 0.15) is 30.0 Å². The quantitative estimate of drug-likeness (QED) is 0.359. The fraction of sp³-hybridized carbons (Fsp3) is 0.310. The summed E-state index contributed by atoms with van der Waals surface area (Å²) in [6.07, 6.45) is 0.336. The van der Waals surface area contributed by atoms with Gasteiger partial charge in [0.05, 0.1) is 17.7 Å². The molecule has 3 aromatic rings. The van der Waals surface area contributed by atoms with Crippen molar-refractivity contribution in [3.8, 4) is 5.75 Å². The van der Waals surface area contributed by atoms with Crippen LogP contribution in [0.5, 0.6) is 5.75 Å². The van der Waals surface area contributed by atoms with E-state index in [4.69, 9.17) is 16.3 Å². The molecule has 3 rings (SSSR count). The number of amides is 2. The Morgan fingerprint density at radius 1 is 1.03 bits per heavy atom. The van der Waals surface area contributed by atoms with Crippen LogP contribution in [0.4, 0.5) is 5.69 Å². The molecule has 3 aromatic carbocycles. The summed E-state index contributed by atoms with van der Waals surface area (Å²) >= 11 is 6.27. The molecule has 208 valence electrons. The van der Waals surface area contributed by atoms with Gasteiger partial charge < -0.3 is 15.0 Å². The summed E-state index contributed by atoms with van der Waals surface area (Å²) in [6, 6.07) is 17.7. The summed E-state index contributed by atoms with van der Waals surface area (Å²) in [5.41, 5.74) is 2.80. The number of benzene rings is 3. The maximum atomic E-state index is 14.0. The minimum atomic E-state index is -4.24. The Morgan fingerprint density at radius 3 is 2.28 bits per heavy atom. The van der Waals surface area contributed by atoms with Crippen LogP contribution in [-0.2, 0) is 26.2 Å². The number of methoxy groups -OCH3 is 1. The maximum Gasteiger partial charge on any atom is 0.264 e. The lowest BCUT2D eigenvalue weighted by Crippen LogP contribution is -2.51. The second-order valence-corrected chi connectivity index (χ2v) is 11.4. The number of aryl methyl sites for hydroxylation is 2. The zero-order valence-electron chi connectivity index (χ0n) is 22.8. The highest BCUT2D eigenvalue weighted by atomic mass is 35.5. The number of carbonyl (C=O) groups excluding carboxylic acids is 2. The molecule has 0 saturated carbocycles. The molecule has 2 amide bonds. The average molecular weight is 572 g/mol. The van der Waals surface area contributed by atoms with Gasteiger partial charge in [0, 0.05) is 18.6 Å². The van der Waals surface area contributed by atoms with Crippen molar-refractivity contribution in [2.45, 2.75) is 44.7 Å². The van der Waals surface area contributed by atoms with Crippen molar-refractivity contribution < 1.29 is 22.7 Å². The normalized spacial score (nSPS) is 11.9. The van der Waals surface area contributed by atoms with Crippen molar-refractivity contribution in [1.29, 1.82) is 0 Å². The predicted molar refractivity (Wildman–Crippen MR) is 154 cm³/mol. The molecule has 0 aliphatic carbocycles. The number of halogens is 1. The van der Waals surface area contributed by atoms with Crippen LogP contribution in [0.15, 0.2) is 71.6 Å². The number of ether oxygens (including phenoxy) is 1. The summed E-state index contributed by atoms with van der Waals surface area (Å²) in [6.45, 7) is 5.13. The molecule has 0 aliphatic rings.